The molecule has 1 rings (SSSR count). The number of likely N-dealkylation sites (N-methyl/N-ethyl adjacent to an activating group) is 1. The summed E-state index contributed by atoms with van der Waals surface area (Å²) in [4.78, 5) is 12.7. The van der Waals surface area contributed by atoms with Crippen LogP contribution in [0, 0.1) is 17.3 Å². The third kappa shape index (κ3) is 6.12. The van der Waals surface area contributed by atoms with Crippen molar-refractivity contribution in [3.05, 3.63) is 12.2 Å². The molecular formula is C19H37N2O+. The second kappa shape index (κ2) is 8.14. The van der Waals surface area contributed by atoms with Crippen molar-refractivity contribution in [1.82, 2.24) is 5.32 Å². The van der Waals surface area contributed by atoms with Crippen LogP contribution in [0.25, 0.3) is 0 Å². The summed E-state index contributed by atoms with van der Waals surface area (Å²) < 4.78 is 0.885. The van der Waals surface area contributed by atoms with Gasteiger partial charge in [0.25, 0.3) is 0 Å². The quantitative estimate of drug-likeness (QED) is 0.589. The first-order valence-electron chi connectivity index (χ1n) is 8.93. The van der Waals surface area contributed by atoms with Gasteiger partial charge in [0.15, 0.2) is 0 Å². The van der Waals surface area contributed by atoms with E-state index in [1.54, 1.807) is 0 Å². The predicted molar refractivity (Wildman–Crippen MR) is 94.6 cm³/mol. The number of hydrogen-bond acceptors (Lipinski definition) is 1. The molecule has 0 spiro atoms. The Morgan fingerprint density at radius 3 is 2.64 bits per heavy atom. The number of carbonyl (C=O) groups is 1. The largest absolute Gasteiger partial charge is 0.350 e. The summed E-state index contributed by atoms with van der Waals surface area (Å²) in [6, 6.07) is 0. The van der Waals surface area contributed by atoms with Crippen LogP contribution in [-0.4, -0.2) is 44.6 Å². The van der Waals surface area contributed by atoms with Gasteiger partial charge in [0, 0.05) is 5.41 Å². The monoisotopic (exact) mass is 309 g/mol. The van der Waals surface area contributed by atoms with Crippen molar-refractivity contribution in [2.24, 2.45) is 17.3 Å². The molecule has 0 aromatic heterocycles. The molecule has 0 bridgehead atoms. The molecule has 1 aliphatic carbocycles. The summed E-state index contributed by atoms with van der Waals surface area (Å²) in [5.41, 5.74) is -0.207. The van der Waals surface area contributed by atoms with Crippen molar-refractivity contribution in [1.29, 1.82) is 0 Å². The van der Waals surface area contributed by atoms with E-state index < -0.39 is 0 Å². The fraction of sp³-hybridized carbons (Fsp3) is 0.842. The Bertz CT molecular complexity index is 383. The van der Waals surface area contributed by atoms with E-state index in [-0.39, 0.29) is 11.3 Å². The lowest BCUT2D eigenvalue weighted by molar-refractivity contribution is -0.869. The maximum Gasteiger partial charge on any atom is 0.226 e. The number of nitrogens with zero attached hydrogens (tertiary/aromatic N) is 1. The van der Waals surface area contributed by atoms with Gasteiger partial charge < -0.3 is 9.80 Å². The summed E-state index contributed by atoms with van der Waals surface area (Å²) in [6.45, 7) is 8.48. The Kier molecular flexibility index (Phi) is 7.11. The lowest BCUT2D eigenvalue weighted by Gasteiger charge is -2.33. The Morgan fingerprint density at radius 1 is 1.36 bits per heavy atom. The smallest absolute Gasteiger partial charge is 0.226 e. The first kappa shape index (κ1) is 19.2. The highest BCUT2D eigenvalue weighted by atomic mass is 16.2. The van der Waals surface area contributed by atoms with Gasteiger partial charge in [0.1, 0.15) is 0 Å². The molecule has 128 valence electrons. The van der Waals surface area contributed by atoms with E-state index >= 15 is 0 Å². The van der Waals surface area contributed by atoms with Gasteiger partial charge in [0.05, 0.1) is 34.2 Å². The number of carbonyl (C=O) groups excluding carboxylic acids is 1. The summed E-state index contributed by atoms with van der Waals surface area (Å²) in [5.74, 6) is 1.59. The van der Waals surface area contributed by atoms with E-state index in [0.717, 1.165) is 43.3 Å². The lowest BCUT2D eigenvalue weighted by atomic mass is 9.74. The molecule has 3 nitrogen and oxygen atoms in total. The Balaban J connectivity index is 2.60. The van der Waals surface area contributed by atoms with E-state index in [1.165, 1.54) is 6.42 Å². The summed E-state index contributed by atoms with van der Waals surface area (Å²) in [6.07, 6.45) is 10.0. The number of amides is 1. The second-order valence-electron chi connectivity index (χ2n) is 8.39. The molecule has 0 aromatic carbocycles. The molecule has 0 saturated heterocycles. The standard InChI is InChI=1S/C19H36N2O/c1-7-16(2)17-10-8-9-12-19(3,13-11-17)18(22)20-14-15-21(4,5)6/h8,10,16-17H,7,9,11-15H2,1-6H3/p+1/b10-8+. The number of quaternary nitrogens is 1. The molecule has 3 atom stereocenters. The van der Waals surface area contributed by atoms with Gasteiger partial charge in [-0.2, -0.15) is 0 Å². The maximum atomic E-state index is 12.7. The molecule has 3 unspecified atom stereocenters. The molecule has 0 radical (unpaired) electrons. The highest BCUT2D eigenvalue weighted by Crippen LogP contribution is 2.36. The SMILES string of the molecule is CCC(C)C1/C=C/CCC(C)(C(=O)NCC[N+](C)(C)C)CC1. The van der Waals surface area contributed by atoms with Crippen LogP contribution in [0.15, 0.2) is 12.2 Å². The van der Waals surface area contributed by atoms with Gasteiger partial charge in [-0.25, -0.2) is 0 Å². The number of nitrogens with one attached hydrogen (secondary N) is 1. The first-order chi connectivity index (χ1) is 10.2. The minimum absolute atomic E-state index is 0.207. The van der Waals surface area contributed by atoms with Crippen LogP contribution in [0.3, 0.4) is 0 Å². The highest BCUT2D eigenvalue weighted by molar-refractivity contribution is 5.82. The highest BCUT2D eigenvalue weighted by Gasteiger charge is 2.34. The minimum Gasteiger partial charge on any atom is -0.350 e. The van der Waals surface area contributed by atoms with E-state index in [9.17, 15) is 4.79 Å². The first-order valence-corrected chi connectivity index (χ1v) is 8.93. The number of rotatable bonds is 6. The molecule has 0 fully saturated rings. The average Bonchev–Trinajstić information content (AvgIpc) is 2.41. The van der Waals surface area contributed by atoms with E-state index in [1.807, 2.05) is 0 Å². The van der Waals surface area contributed by atoms with Gasteiger partial charge in [-0.15, -0.1) is 0 Å². The van der Waals surface area contributed by atoms with Crippen LogP contribution >= 0.6 is 0 Å². The van der Waals surface area contributed by atoms with E-state index in [4.69, 9.17) is 0 Å². The molecule has 0 aromatic rings. The fourth-order valence-electron chi connectivity index (χ4n) is 3.10. The third-order valence-corrected chi connectivity index (χ3v) is 5.27. The minimum atomic E-state index is -0.207. The number of hydrogen-bond donors (Lipinski definition) is 1. The molecule has 22 heavy (non-hydrogen) atoms. The number of allylic oxidation sites excluding steroid dienone is 2. The van der Waals surface area contributed by atoms with Crippen LogP contribution < -0.4 is 5.32 Å². The van der Waals surface area contributed by atoms with E-state index in [2.05, 4.69) is 59.4 Å². The Hall–Kier alpha value is -0.830. The van der Waals surface area contributed by atoms with Crippen LogP contribution in [-0.2, 0) is 4.79 Å². The predicted octanol–water partition coefficient (Wildman–Crippen LogP) is 3.61. The zero-order valence-electron chi connectivity index (χ0n) is 15.6. The summed E-state index contributed by atoms with van der Waals surface area (Å²) >= 11 is 0. The van der Waals surface area contributed by atoms with Crippen LogP contribution in [0.2, 0.25) is 0 Å². The zero-order valence-corrected chi connectivity index (χ0v) is 15.6. The molecule has 1 amide bonds. The fourth-order valence-corrected chi connectivity index (χ4v) is 3.10. The van der Waals surface area contributed by atoms with Crippen molar-refractivity contribution in [3.8, 4) is 0 Å². The van der Waals surface area contributed by atoms with Gasteiger partial charge in [-0.1, -0.05) is 39.3 Å². The van der Waals surface area contributed by atoms with Crippen LogP contribution in [0.1, 0.15) is 52.9 Å². The lowest BCUT2D eigenvalue weighted by Crippen LogP contribution is -2.46. The van der Waals surface area contributed by atoms with Crippen molar-refractivity contribution in [3.63, 3.8) is 0 Å². The van der Waals surface area contributed by atoms with Crippen molar-refractivity contribution < 1.29 is 9.28 Å². The molecular weight excluding hydrogens is 272 g/mol. The van der Waals surface area contributed by atoms with Gasteiger partial charge >= 0.3 is 0 Å². The van der Waals surface area contributed by atoms with Gasteiger partial charge in [-0.05, 0) is 37.5 Å². The molecule has 0 aliphatic heterocycles. The Labute approximate surface area is 137 Å². The molecule has 0 saturated carbocycles. The normalized spacial score (nSPS) is 29.3. The Morgan fingerprint density at radius 2 is 2.05 bits per heavy atom. The molecule has 3 heteroatoms. The molecule has 1 aliphatic rings. The van der Waals surface area contributed by atoms with E-state index in [0.29, 0.717) is 11.8 Å². The van der Waals surface area contributed by atoms with Crippen LogP contribution in [0.5, 0.6) is 0 Å². The van der Waals surface area contributed by atoms with Crippen LogP contribution in [0.4, 0.5) is 0 Å². The van der Waals surface area contributed by atoms with Crippen molar-refractivity contribution in [2.75, 3.05) is 34.2 Å². The molecule has 1 N–H and O–H groups in total. The van der Waals surface area contributed by atoms with Gasteiger partial charge in [-0.3, -0.25) is 4.79 Å². The summed E-state index contributed by atoms with van der Waals surface area (Å²) in [7, 11) is 6.47. The van der Waals surface area contributed by atoms with Gasteiger partial charge in [0.2, 0.25) is 5.91 Å². The average molecular weight is 310 g/mol. The maximum absolute atomic E-state index is 12.7. The second-order valence-corrected chi connectivity index (χ2v) is 8.39. The summed E-state index contributed by atoms with van der Waals surface area (Å²) in [5, 5.41) is 3.18. The third-order valence-electron chi connectivity index (χ3n) is 5.27. The van der Waals surface area contributed by atoms with Crippen molar-refractivity contribution >= 4 is 5.91 Å². The topological polar surface area (TPSA) is 29.1 Å². The molecule has 0 heterocycles. The van der Waals surface area contributed by atoms with Crippen molar-refractivity contribution in [2.45, 2.75) is 52.9 Å². The zero-order chi connectivity index (χ0) is 16.8.